The van der Waals surface area contributed by atoms with E-state index >= 15 is 0 Å². The Morgan fingerprint density at radius 2 is 1.65 bits per heavy atom. The predicted octanol–water partition coefficient (Wildman–Crippen LogP) is 4.87. The summed E-state index contributed by atoms with van der Waals surface area (Å²) in [5.41, 5.74) is 0.611. The lowest BCUT2D eigenvalue weighted by atomic mass is 9.33. The first-order valence-corrected chi connectivity index (χ1v) is 13.9. The molecule has 0 aromatic rings. The summed E-state index contributed by atoms with van der Waals surface area (Å²) in [5, 5.41) is 34.0. The summed E-state index contributed by atoms with van der Waals surface area (Å²) in [6, 6.07) is 0. The highest BCUT2D eigenvalue weighted by Crippen LogP contribution is 2.75. The molecule has 4 heteroatoms. The van der Waals surface area contributed by atoms with Crippen molar-refractivity contribution in [3.63, 3.8) is 0 Å². The van der Waals surface area contributed by atoms with Crippen molar-refractivity contribution in [2.75, 3.05) is 6.61 Å². The number of aliphatic carboxylic acids is 1. The standard InChI is InChI=1S/C30H48O4/c1-25(2)13-15-30(24(33)34)16-14-28(5)19(20(30)17-25)7-8-22-26(3)11-10-23(32)27(4,18-31)21(26)9-12-29(22,28)6/h7,20-23,31-32H,8-18H2,1-6H3,(H,33,34)/p-1/t20-,21+,22+,23-,26-,27-,28+,29+,30-/m0/s1. The van der Waals surface area contributed by atoms with E-state index in [1.807, 2.05) is 0 Å². The largest absolute Gasteiger partial charge is 0.550 e. The van der Waals surface area contributed by atoms with Crippen molar-refractivity contribution in [3.05, 3.63) is 11.6 Å². The maximum absolute atomic E-state index is 12.7. The summed E-state index contributed by atoms with van der Waals surface area (Å²) < 4.78 is 0. The number of allylic oxidation sites excluding steroid dienone is 2. The van der Waals surface area contributed by atoms with Gasteiger partial charge in [-0.1, -0.05) is 53.2 Å². The van der Waals surface area contributed by atoms with Gasteiger partial charge in [-0.15, -0.1) is 0 Å². The van der Waals surface area contributed by atoms with Crippen LogP contribution in [0.5, 0.6) is 0 Å². The summed E-state index contributed by atoms with van der Waals surface area (Å²) in [4.78, 5) is 12.7. The lowest BCUT2D eigenvalue weighted by Gasteiger charge is -2.71. The van der Waals surface area contributed by atoms with Gasteiger partial charge in [-0.3, -0.25) is 0 Å². The van der Waals surface area contributed by atoms with E-state index in [0.29, 0.717) is 11.8 Å². The molecule has 2 N–H and O–H groups in total. The molecule has 9 atom stereocenters. The molecular weight excluding hydrogens is 424 g/mol. The van der Waals surface area contributed by atoms with E-state index in [9.17, 15) is 20.1 Å². The van der Waals surface area contributed by atoms with Gasteiger partial charge in [0.15, 0.2) is 0 Å². The molecule has 0 amide bonds. The Morgan fingerprint density at radius 3 is 2.29 bits per heavy atom. The van der Waals surface area contributed by atoms with Crippen molar-refractivity contribution < 1.29 is 20.1 Å². The van der Waals surface area contributed by atoms with E-state index in [4.69, 9.17) is 0 Å². The van der Waals surface area contributed by atoms with Gasteiger partial charge in [-0.25, -0.2) is 0 Å². The first kappa shape index (κ1) is 24.8. The molecule has 192 valence electrons. The van der Waals surface area contributed by atoms with Crippen LogP contribution in [0.25, 0.3) is 0 Å². The van der Waals surface area contributed by atoms with Crippen LogP contribution in [-0.2, 0) is 4.79 Å². The molecule has 4 nitrogen and oxygen atoms in total. The molecule has 0 unspecified atom stereocenters. The first-order valence-electron chi connectivity index (χ1n) is 13.9. The van der Waals surface area contributed by atoms with Gasteiger partial charge in [0.25, 0.3) is 0 Å². The SMILES string of the molecule is CC1(C)CC[C@]2(C(=O)[O-])CC[C@]3(C)C(=CC[C@@H]4[C@@]5(C)CC[C@H](O)[C@@](C)(CO)[C@@H]5CC[C@]43C)[C@@H]2C1. The Kier molecular flexibility index (Phi) is 5.36. The molecule has 0 spiro atoms. The number of carboxylic acid groups (broad SMARTS) is 1. The minimum Gasteiger partial charge on any atom is -0.550 e. The van der Waals surface area contributed by atoms with E-state index in [1.54, 1.807) is 0 Å². The first-order chi connectivity index (χ1) is 15.7. The van der Waals surface area contributed by atoms with Crippen LogP contribution in [-0.4, -0.2) is 28.9 Å². The predicted molar refractivity (Wildman–Crippen MR) is 131 cm³/mol. The van der Waals surface area contributed by atoms with Crippen molar-refractivity contribution in [2.24, 2.45) is 50.2 Å². The molecule has 5 aliphatic carbocycles. The van der Waals surface area contributed by atoms with Crippen LogP contribution < -0.4 is 5.11 Å². The van der Waals surface area contributed by atoms with Gasteiger partial charge in [0.1, 0.15) is 0 Å². The highest BCUT2D eigenvalue weighted by Gasteiger charge is 2.68. The van der Waals surface area contributed by atoms with Gasteiger partial charge >= 0.3 is 0 Å². The monoisotopic (exact) mass is 471 g/mol. The number of hydrogen-bond acceptors (Lipinski definition) is 4. The summed E-state index contributed by atoms with van der Waals surface area (Å²) in [6.07, 6.45) is 11.2. The maximum Gasteiger partial charge on any atom is 0.0618 e. The molecule has 5 aliphatic rings. The number of aliphatic hydroxyl groups excluding tert-OH is 2. The van der Waals surface area contributed by atoms with E-state index in [0.717, 1.165) is 64.2 Å². The minimum atomic E-state index is -0.820. The van der Waals surface area contributed by atoms with Gasteiger partial charge < -0.3 is 20.1 Å². The van der Waals surface area contributed by atoms with Crippen LogP contribution in [0.15, 0.2) is 11.6 Å². The lowest BCUT2D eigenvalue weighted by Crippen LogP contribution is -2.66. The van der Waals surface area contributed by atoms with E-state index < -0.39 is 22.9 Å². The fourth-order valence-corrected chi connectivity index (χ4v) is 10.6. The zero-order valence-electron chi connectivity index (χ0n) is 22.4. The second kappa shape index (κ2) is 7.34. The minimum absolute atomic E-state index is 0.00733. The van der Waals surface area contributed by atoms with Crippen molar-refractivity contribution in [2.45, 2.75) is 112 Å². The highest BCUT2D eigenvalue weighted by atomic mass is 16.4. The summed E-state index contributed by atoms with van der Waals surface area (Å²) in [5.74, 6) is 0.0564. The summed E-state index contributed by atoms with van der Waals surface area (Å²) >= 11 is 0. The van der Waals surface area contributed by atoms with Crippen LogP contribution in [0.1, 0.15) is 106 Å². The summed E-state index contributed by atoms with van der Waals surface area (Å²) in [7, 11) is 0. The number of fused-ring (bicyclic) bond motifs is 7. The molecule has 0 aromatic carbocycles. The number of rotatable bonds is 2. The quantitative estimate of drug-likeness (QED) is 0.563. The molecule has 0 bridgehead atoms. The van der Waals surface area contributed by atoms with Crippen molar-refractivity contribution in [1.29, 1.82) is 0 Å². The molecule has 0 radical (unpaired) electrons. The molecule has 0 saturated heterocycles. The Bertz CT molecular complexity index is 907. The van der Waals surface area contributed by atoms with Crippen LogP contribution >= 0.6 is 0 Å². The molecule has 34 heavy (non-hydrogen) atoms. The Hall–Kier alpha value is -0.870. The third kappa shape index (κ3) is 2.88. The third-order valence-electron chi connectivity index (χ3n) is 13.2. The van der Waals surface area contributed by atoms with Crippen LogP contribution in [0, 0.1) is 50.2 Å². The second-order valence-corrected chi connectivity index (χ2v) is 14.9. The van der Waals surface area contributed by atoms with E-state index in [1.165, 1.54) is 5.57 Å². The van der Waals surface area contributed by atoms with Crippen molar-refractivity contribution in [3.8, 4) is 0 Å². The molecule has 0 aliphatic heterocycles. The molecule has 4 saturated carbocycles. The number of aliphatic hydroxyl groups is 2. The van der Waals surface area contributed by atoms with E-state index in [2.05, 4.69) is 47.6 Å². The van der Waals surface area contributed by atoms with Crippen LogP contribution in [0.4, 0.5) is 0 Å². The zero-order valence-corrected chi connectivity index (χ0v) is 22.4. The number of carboxylic acids is 1. The van der Waals surface area contributed by atoms with Crippen LogP contribution in [0.3, 0.4) is 0 Å². The van der Waals surface area contributed by atoms with Gasteiger partial charge in [-0.2, -0.15) is 0 Å². The molecule has 4 fully saturated rings. The topological polar surface area (TPSA) is 80.6 Å². The lowest BCUT2D eigenvalue weighted by molar-refractivity contribution is -0.327. The van der Waals surface area contributed by atoms with Gasteiger partial charge in [0, 0.05) is 16.8 Å². The zero-order chi connectivity index (χ0) is 24.9. The van der Waals surface area contributed by atoms with Gasteiger partial charge in [0.05, 0.1) is 12.7 Å². The Morgan fingerprint density at radius 1 is 0.971 bits per heavy atom. The van der Waals surface area contributed by atoms with E-state index in [-0.39, 0.29) is 34.2 Å². The number of hydrogen-bond donors (Lipinski definition) is 2. The van der Waals surface area contributed by atoms with Gasteiger partial charge in [0.2, 0.25) is 0 Å². The number of carbonyl (C=O) groups is 1. The molecule has 5 rings (SSSR count). The normalized spacial score (nSPS) is 54.1. The molecule has 0 aromatic heterocycles. The molecule has 0 heterocycles. The Labute approximate surface area is 206 Å². The molecular formula is C30H47O4-. The Balaban J connectivity index is 1.60. The smallest absolute Gasteiger partial charge is 0.0618 e. The fraction of sp³-hybridized carbons (Fsp3) is 0.900. The second-order valence-electron chi connectivity index (χ2n) is 14.9. The van der Waals surface area contributed by atoms with Crippen molar-refractivity contribution in [1.82, 2.24) is 0 Å². The van der Waals surface area contributed by atoms with Crippen LogP contribution in [0.2, 0.25) is 0 Å². The maximum atomic E-state index is 12.7. The average molecular weight is 472 g/mol. The average Bonchev–Trinajstić information content (AvgIpc) is 2.76. The third-order valence-corrected chi connectivity index (χ3v) is 13.2. The highest BCUT2D eigenvalue weighted by molar-refractivity contribution is 5.74. The summed E-state index contributed by atoms with van der Waals surface area (Å²) in [6.45, 7) is 14.2. The number of carbonyl (C=O) groups excluding carboxylic acids is 1. The van der Waals surface area contributed by atoms with Gasteiger partial charge in [-0.05, 0) is 104 Å². The van der Waals surface area contributed by atoms with Crippen molar-refractivity contribution >= 4 is 5.97 Å². The fourth-order valence-electron chi connectivity index (χ4n) is 10.6.